The van der Waals surface area contributed by atoms with Crippen molar-refractivity contribution in [2.75, 3.05) is 13.1 Å². The molecule has 1 aliphatic rings. The molecule has 2 rings (SSSR count). The molecule has 1 fully saturated rings. The second-order valence-corrected chi connectivity index (χ2v) is 6.82. The molecule has 20 heavy (non-hydrogen) atoms. The fraction of sp³-hybridized carbons (Fsp3) is 0.647. The maximum Gasteiger partial charge on any atom is 0.0348 e. The number of hydrogen-bond donors (Lipinski definition) is 1. The third-order valence-corrected chi connectivity index (χ3v) is 5.29. The van der Waals surface area contributed by atoms with E-state index < -0.39 is 0 Å². The molecular weight excluding hydrogens is 312 g/mol. The van der Waals surface area contributed by atoms with Crippen molar-refractivity contribution < 1.29 is 0 Å². The van der Waals surface area contributed by atoms with Crippen LogP contribution < -0.4 is 5.73 Å². The Morgan fingerprint density at radius 1 is 1.30 bits per heavy atom. The number of nitrogens with zero attached hydrogens (tertiary/aromatic N) is 1. The van der Waals surface area contributed by atoms with Crippen LogP contribution in [-0.2, 0) is 0 Å². The van der Waals surface area contributed by atoms with Crippen molar-refractivity contribution in [3.05, 3.63) is 34.3 Å². The molecule has 1 aromatic carbocycles. The lowest BCUT2D eigenvalue weighted by Crippen LogP contribution is -2.48. The topological polar surface area (TPSA) is 29.3 Å². The van der Waals surface area contributed by atoms with Crippen LogP contribution in [0.4, 0.5) is 0 Å². The van der Waals surface area contributed by atoms with Gasteiger partial charge < -0.3 is 5.73 Å². The molecule has 0 amide bonds. The molecular formula is C17H27BrN2. The van der Waals surface area contributed by atoms with Crippen molar-refractivity contribution in [2.45, 2.75) is 51.6 Å². The van der Waals surface area contributed by atoms with Crippen LogP contribution in [-0.4, -0.2) is 24.0 Å². The quantitative estimate of drug-likeness (QED) is 0.864. The van der Waals surface area contributed by atoms with Gasteiger partial charge in [-0.05, 0) is 49.4 Å². The fourth-order valence-electron chi connectivity index (χ4n) is 3.51. The van der Waals surface area contributed by atoms with E-state index in [1.165, 1.54) is 31.4 Å². The number of piperidine rings is 1. The first-order valence-electron chi connectivity index (χ1n) is 7.90. The van der Waals surface area contributed by atoms with Crippen molar-refractivity contribution in [1.82, 2.24) is 4.90 Å². The first-order valence-corrected chi connectivity index (χ1v) is 8.70. The summed E-state index contributed by atoms with van der Waals surface area (Å²) in [5, 5.41) is 0. The number of benzene rings is 1. The number of likely N-dealkylation sites (tertiary alicyclic amines) is 1. The molecule has 0 radical (unpaired) electrons. The summed E-state index contributed by atoms with van der Waals surface area (Å²) in [7, 11) is 0. The van der Waals surface area contributed by atoms with Gasteiger partial charge in [0.1, 0.15) is 0 Å². The first kappa shape index (κ1) is 16.0. The maximum absolute atomic E-state index is 6.06. The van der Waals surface area contributed by atoms with E-state index in [1.54, 1.807) is 0 Å². The summed E-state index contributed by atoms with van der Waals surface area (Å²) >= 11 is 3.52. The first-order chi connectivity index (χ1) is 9.69. The molecule has 0 aromatic heterocycles. The van der Waals surface area contributed by atoms with Crippen LogP contribution in [0.5, 0.6) is 0 Å². The van der Waals surface area contributed by atoms with Gasteiger partial charge in [0.15, 0.2) is 0 Å². The minimum Gasteiger partial charge on any atom is -0.329 e. The smallest absolute Gasteiger partial charge is 0.0348 e. The van der Waals surface area contributed by atoms with Crippen molar-refractivity contribution in [2.24, 2.45) is 11.7 Å². The zero-order chi connectivity index (χ0) is 14.5. The summed E-state index contributed by atoms with van der Waals surface area (Å²) < 4.78 is 1.15. The summed E-state index contributed by atoms with van der Waals surface area (Å²) in [5.74, 6) is 0.863. The van der Waals surface area contributed by atoms with Gasteiger partial charge in [0.05, 0.1) is 0 Å². The molecule has 3 heteroatoms. The highest BCUT2D eigenvalue weighted by Gasteiger charge is 2.31. The fourth-order valence-corrected chi connectivity index (χ4v) is 3.78. The summed E-state index contributed by atoms with van der Waals surface area (Å²) in [6.45, 7) is 6.56. The van der Waals surface area contributed by atoms with E-state index in [2.05, 4.69) is 58.9 Å². The van der Waals surface area contributed by atoms with E-state index in [0.29, 0.717) is 12.1 Å². The van der Waals surface area contributed by atoms with Crippen LogP contribution in [0.3, 0.4) is 0 Å². The molecule has 0 bridgehead atoms. The minimum atomic E-state index is 0.509. The lowest BCUT2D eigenvalue weighted by Gasteiger charge is -2.43. The molecule has 0 aliphatic carbocycles. The minimum absolute atomic E-state index is 0.509. The molecule has 112 valence electrons. The van der Waals surface area contributed by atoms with E-state index in [-0.39, 0.29) is 0 Å². The number of hydrogen-bond acceptors (Lipinski definition) is 2. The lowest BCUT2D eigenvalue weighted by atomic mass is 9.86. The summed E-state index contributed by atoms with van der Waals surface area (Å²) in [6.07, 6.45) is 5.02. The highest BCUT2D eigenvalue weighted by atomic mass is 79.9. The number of nitrogens with two attached hydrogens (primary N) is 1. The van der Waals surface area contributed by atoms with Gasteiger partial charge in [-0.1, -0.05) is 48.3 Å². The van der Waals surface area contributed by atoms with E-state index in [4.69, 9.17) is 5.73 Å². The molecule has 0 spiro atoms. The third kappa shape index (κ3) is 3.63. The molecule has 1 saturated heterocycles. The largest absolute Gasteiger partial charge is 0.329 e. The third-order valence-electron chi connectivity index (χ3n) is 4.76. The van der Waals surface area contributed by atoms with E-state index in [1.807, 2.05) is 0 Å². The highest BCUT2D eigenvalue weighted by Crippen LogP contribution is 2.34. The Kier molecular flexibility index (Phi) is 6.06. The second-order valence-electron chi connectivity index (χ2n) is 5.90. The van der Waals surface area contributed by atoms with E-state index in [9.17, 15) is 0 Å². The average Bonchev–Trinajstić information content (AvgIpc) is 2.50. The van der Waals surface area contributed by atoms with Crippen LogP contribution in [0.15, 0.2) is 28.7 Å². The van der Waals surface area contributed by atoms with Crippen LogP contribution in [0.2, 0.25) is 0 Å². The number of halogens is 1. The van der Waals surface area contributed by atoms with Gasteiger partial charge in [-0.3, -0.25) is 4.90 Å². The molecule has 3 atom stereocenters. The molecule has 2 nitrogen and oxygen atoms in total. The van der Waals surface area contributed by atoms with Crippen molar-refractivity contribution >= 4 is 15.9 Å². The van der Waals surface area contributed by atoms with Gasteiger partial charge in [-0.2, -0.15) is 0 Å². The van der Waals surface area contributed by atoms with Crippen molar-refractivity contribution in [3.63, 3.8) is 0 Å². The molecule has 2 N–H and O–H groups in total. The van der Waals surface area contributed by atoms with E-state index >= 15 is 0 Å². The van der Waals surface area contributed by atoms with Gasteiger partial charge in [0, 0.05) is 23.1 Å². The van der Waals surface area contributed by atoms with Crippen molar-refractivity contribution in [3.8, 4) is 0 Å². The normalized spacial score (nSPS) is 25.6. The summed E-state index contributed by atoms with van der Waals surface area (Å²) in [5.41, 5.74) is 7.48. The molecule has 0 saturated carbocycles. The molecule has 1 heterocycles. The average molecular weight is 339 g/mol. The maximum atomic E-state index is 6.06. The SMILES string of the molecule is CCC1CCN(C(CC)c2ccc(Br)cc2)C(CN)C1. The zero-order valence-electron chi connectivity index (χ0n) is 12.7. The predicted octanol–water partition coefficient (Wildman–Crippen LogP) is 4.35. The Hall–Kier alpha value is -0.380. The van der Waals surface area contributed by atoms with Gasteiger partial charge in [-0.15, -0.1) is 0 Å². The monoisotopic (exact) mass is 338 g/mol. The predicted molar refractivity (Wildman–Crippen MR) is 89.7 cm³/mol. The molecule has 1 aromatic rings. The lowest BCUT2D eigenvalue weighted by molar-refractivity contribution is 0.0677. The molecule has 1 aliphatic heterocycles. The van der Waals surface area contributed by atoms with Crippen LogP contribution in [0.25, 0.3) is 0 Å². The Bertz CT molecular complexity index is 404. The Balaban J connectivity index is 2.15. The molecule has 3 unspecified atom stereocenters. The van der Waals surface area contributed by atoms with Crippen LogP contribution in [0.1, 0.15) is 51.1 Å². The Morgan fingerprint density at radius 2 is 2.00 bits per heavy atom. The summed E-state index contributed by atoms with van der Waals surface area (Å²) in [6, 6.07) is 9.84. The highest BCUT2D eigenvalue weighted by molar-refractivity contribution is 9.10. The number of rotatable bonds is 5. The second kappa shape index (κ2) is 7.58. The summed E-state index contributed by atoms with van der Waals surface area (Å²) in [4.78, 5) is 2.65. The van der Waals surface area contributed by atoms with Gasteiger partial charge in [0.2, 0.25) is 0 Å². The standard InChI is InChI=1S/C17H27BrN2/c1-3-13-9-10-20(16(11-13)12-19)17(4-2)14-5-7-15(18)8-6-14/h5-8,13,16-17H,3-4,9-12,19H2,1-2H3. The zero-order valence-corrected chi connectivity index (χ0v) is 14.3. The van der Waals surface area contributed by atoms with Gasteiger partial charge in [0.25, 0.3) is 0 Å². The van der Waals surface area contributed by atoms with E-state index in [0.717, 1.165) is 23.4 Å². The van der Waals surface area contributed by atoms with Gasteiger partial charge in [-0.25, -0.2) is 0 Å². The van der Waals surface area contributed by atoms with Crippen LogP contribution in [0, 0.1) is 5.92 Å². The van der Waals surface area contributed by atoms with Crippen molar-refractivity contribution in [1.29, 1.82) is 0 Å². The Labute approximate surface area is 131 Å². The Morgan fingerprint density at radius 3 is 2.55 bits per heavy atom. The van der Waals surface area contributed by atoms with Gasteiger partial charge >= 0.3 is 0 Å². The van der Waals surface area contributed by atoms with Crippen LogP contribution >= 0.6 is 15.9 Å².